The number of esters is 1. The molecule has 6 heteroatoms. The summed E-state index contributed by atoms with van der Waals surface area (Å²) in [5.74, 6) is -0.280. The van der Waals surface area contributed by atoms with E-state index < -0.39 is 11.6 Å². The fraction of sp³-hybridized carbons (Fsp3) is 0.652. The number of carbonyl (C=O) groups excluding carboxylic acids is 2. The first-order chi connectivity index (χ1) is 13.8. The zero-order valence-electron chi connectivity index (χ0n) is 18.8. The minimum atomic E-state index is -0.914. The Morgan fingerprint density at radius 2 is 1.86 bits per heavy atom. The molecule has 0 aliphatic rings. The van der Waals surface area contributed by atoms with Gasteiger partial charge in [-0.05, 0) is 51.3 Å². The molecule has 0 unspecified atom stereocenters. The van der Waals surface area contributed by atoms with E-state index in [1.165, 1.54) is 7.11 Å². The largest absolute Gasteiger partial charge is 0.490 e. The molecule has 0 radical (unpaired) electrons. The van der Waals surface area contributed by atoms with Crippen molar-refractivity contribution in [2.24, 2.45) is 0 Å². The maximum absolute atomic E-state index is 13.0. The summed E-state index contributed by atoms with van der Waals surface area (Å²) in [6.45, 7) is 10.4. The number of anilines is 1. The molecule has 0 bridgehead atoms. The predicted molar refractivity (Wildman–Crippen MR) is 116 cm³/mol. The molecule has 0 spiro atoms. The van der Waals surface area contributed by atoms with E-state index in [0.29, 0.717) is 24.5 Å². The lowest BCUT2D eigenvalue weighted by atomic mass is 9.96. The number of rotatable bonds is 13. The normalized spacial score (nSPS) is 14.0. The fourth-order valence-corrected chi connectivity index (χ4v) is 2.83. The van der Waals surface area contributed by atoms with Gasteiger partial charge in [0.05, 0.1) is 13.2 Å². The maximum Gasteiger partial charge on any atom is 0.341 e. The van der Waals surface area contributed by atoms with Gasteiger partial charge >= 0.3 is 5.97 Å². The van der Waals surface area contributed by atoms with Crippen molar-refractivity contribution in [1.82, 2.24) is 0 Å². The number of methoxy groups -OCH3 is 1. The third-order valence-electron chi connectivity index (χ3n) is 4.91. The zero-order valence-corrected chi connectivity index (χ0v) is 18.8. The van der Waals surface area contributed by atoms with Crippen LogP contribution in [0.3, 0.4) is 0 Å². The summed E-state index contributed by atoms with van der Waals surface area (Å²) in [6.07, 6.45) is 5.29. The first kappa shape index (κ1) is 25.0. The molecular weight excluding hydrogens is 370 g/mol. The van der Waals surface area contributed by atoms with E-state index in [-0.39, 0.29) is 17.6 Å². The first-order valence-electron chi connectivity index (χ1n) is 10.7. The van der Waals surface area contributed by atoms with Gasteiger partial charge in [0.1, 0.15) is 16.9 Å². The Morgan fingerprint density at radius 3 is 2.45 bits per heavy atom. The summed E-state index contributed by atoms with van der Waals surface area (Å²) in [6, 6.07) is 5.01. The second-order valence-electron chi connectivity index (χ2n) is 7.53. The third-order valence-corrected chi connectivity index (χ3v) is 4.91. The molecule has 0 saturated carbocycles. The van der Waals surface area contributed by atoms with Crippen LogP contribution in [0.5, 0.6) is 5.75 Å². The van der Waals surface area contributed by atoms with Crippen molar-refractivity contribution >= 4 is 17.6 Å². The lowest BCUT2D eigenvalue weighted by molar-refractivity contribution is -0.140. The first-order valence-corrected chi connectivity index (χ1v) is 10.7. The van der Waals surface area contributed by atoms with E-state index in [1.807, 2.05) is 27.7 Å². The van der Waals surface area contributed by atoms with Crippen LogP contribution in [-0.4, -0.2) is 37.3 Å². The van der Waals surface area contributed by atoms with Crippen molar-refractivity contribution in [2.75, 3.05) is 19.0 Å². The molecule has 1 aromatic rings. The van der Waals surface area contributed by atoms with E-state index in [0.717, 1.165) is 32.1 Å². The lowest BCUT2D eigenvalue weighted by Crippen LogP contribution is -2.43. The van der Waals surface area contributed by atoms with Crippen molar-refractivity contribution in [3.05, 3.63) is 23.8 Å². The van der Waals surface area contributed by atoms with Gasteiger partial charge in [0.15, 0.2) is 0 Å². The van der Waals surface area contributed by atoms with E-state index in [2.05, 4.69) is 12.2 Å². The molecule has 1 amide bonds. The maximum atomic E-state index is 13.0. The number of benzene rings is 1. The van der Waals surface area contributed by atoms with Crippen LogP contribution in [0.15, 0.2) is 18.2 Å². The minimum absolute atomic E-state index is 0.0388. The monoisotopic (exact) mass is 407 g/mol. The van der Waals surface area contributed by atoms with E-state index in [9.17, 15) is 9.59 Å². The van der Waals surface area contributed by atoms with E-state index >= 15 is 0 Å². The van der Waals surface area contributed by atoms with Gasteiger partial charge in [0.2, 0.25) is 0 Å². The molecule has 0 saturated heterocycles. The number of carbonyl (C=O) groups is 2. The molecule has 0 fully saturated rings. The van der Waals surface area contributed by atoms with Crippen LogP contribution < -0.4 is 10.1 Å². The van der Waals surface area contributed by atoms with Crippen molar-refractivity contribution in [2.45, 2.75) is 84.8 Å². The second kappa shape index (κ2) is 12.5. The lowest BCUT2D eigenvalue weighted by Gasteiger charge is -2.29. The molecule has 164 valence electrons. The van der Waals surface area contributed by atoms with Gasteiger partial charge in [-0.25, -0.2) is 4.79 Å². The summed E-state index contributed by atoms with van der Waals surface area (Å²) in [5, 5.41) is 2.90. The van der Waals surface area contributed by atoms with Crippen molar-refractivity contribution in [3.63, 3.8) is 0 Å². The van der Waals surface area contributed by atoms with Gasteiger partial charge in [-0.2, -0.15) is 0 Å². The predicted octanol–water partition coefficient (Wildman–Crippen LogP) is 5.35. The quantitative estimate of drug-likeness (QED) is 0.352. The van der Waals surface area contributed by atoms with Crippen LogP contribution in [0.25, 0.3) is 0 Å². The molecule has 1 N–H and O–H groups in total. The molecule has 1 aromatic carbocycles. The minimum Gasteiger partial charge on any atom is -0.490 e. The number of unbranched alkanes of at least 4 members (excludes halogenated alkanes) is 2. The van der Waals surface area contributed by atoms with Gasteiger partial charge in [-0.15, -0.1) is 0 Å². The highest BCUT2D eigenvalue weighted by Crippen LogP contribution is 2.27. The van der Waals surface area contributed by atoms with Crippen molar-refractivity contribution in [3.8, 4) is 5.75 Å². The molecule has 0 aromatic heterocycles. The number of amides is 1. The molecule has 0 heterocycles. The van der Waals surface area contributed by atoms with Crippen LogP contribution in [0.2, 0.25) is 0 Å². The van der Waals surface area contributed by atoms with Crippen molar-refractivity contribution < 1.29 is 23.8 Å². The molecule has 2 atom stereocenters. The SMILES string of the molecule is CCCCC[C@](C)(OCCC)C(=O)Nc1ccc(O[C@@H](C)CC)c(C(=O)OC)c1. The summed E-state index contributed by atoms with van der Waals surface area (Å²) in [5.41, 5.74) is -0.121. The Bertz CT molecular complexity index is 661. The summed E-state index contributed by atoms with van der Waals surface area (Å²) in [7, 11) is 1.32. The number of ether oxygens (including phenoxy) is 3. The zero-order chi connectivity index (χ0) is 21.9. The standard InChI is InChI=1S/C23H37NO5/c1-7-10-11-14-23(5,28-15-8-2)22(26)24-18-12-13-20(29-17(4)9-3)19(16-18)21(25)27-6/h12-13,16-17H,7-11,14-15H2,1-6H3,(H,24,26)/t17-,23-/m0/s1. The summed E-state index contributed by atoms with van der Waals surface area (Å²) in [4.78, 5) is 25.2. The van der Waals surface area contributed by atoms with Crippen LogP contribution in [0.4, 0.5) is 5.69 Å². The average molecular weight is 408 g/mol. The highest BCUT2D eigenvalue weighted by molar-refractivity contribution is 5.99. The molecule has 29 heavy (non-hydrogen) atoms. The second-order valence-corrected chi connectivity index (χ2v) is 7.53. The molecule has 0 aliphatic carbocycles. The third kappa shape index (κ3) is 7.69. The highest BCUT2D eigenvalue weighted by Gasteiger charge is 2.33. The van der Waals surface area contributed by atoms with E-state index in [4.69, 9.17) is 14.2 Å². The van der Waals surface area contributed by atoms with Crippen LogP contribution in [-0.2, 0) is 14.3 Å². The number of nitrogens with one attached hydrogen (secondary N) is 1. The van der Waals surface area contributed by atoms with Crippen LogP contribution in [0, 0.1) is 0 Å². The van der Waals surface area contributed by atoms with Gasteiger partial charge in [0.25, 0.3) is 5.91 Å². The highest BCUT2D eigenvalue weighted by atomic mass is 16.5. The Labute approximate surface area is 175 Å². The molecule has 1 rings (SSSR count). The molecule has 0 aliphatic heterocycles. The number of hydrogen-bond acceptors (Lipinski definition) is 5. The van der Waals surface area contributed by atoms with Crippen molar-refractivity contribution in [1.29, 1.82) is 0 Å². The number of hydrogen-bond donors (Lipinski definition) is 1. The summed E-state index contributed by atoms with van der Waals surface area (Å²) < 4.78 is 16.6. The Balaban J connectivity index is 3.06. The van der Waals surface area contributed by atoms with Gasteiger partial charge in [-0.1, -0.05) is 40.0 Å². The Kier molecular flexibility index (Phi) is 10.7. The fourth-order valence-electron chi connectivity index (χ4n) is 2.83. The van der Waals surface area contributed by atoms with Crippen LogP contribution >= 0.6 is 0 Å². The topological polar surface area (TPSA) is 73.9 Å². The Hall–Kier alpha value is -2.08. The van der Waals surface area contributed by atoms with Gasteiger partial charge < -0.3 is 19.5 Å². The molecule has 6 nitrogen and oxygen atoms in total. The summed E-state index contributed by atoms with van der Waals surface area (Å²) >= 11 is 0. The van der Waals surface area contributed by atoms with Gasteiger partial charge in [-0.3, -0.25) is 4.79 Å². The van der Waals surface area contributed by atoms with Gasteiger partial charge in [0, 0.05) is 12.3 Å². The smallest absolute Gasteiger partial charge is 0.341 e. The molecular formula is C23H37NO5. The van der Waals surface area contributed by atoms with E-state index in [1.54, 1.807) is 18.2 Å². The van der Waals surface area contributed by atoms with Crippen LogP contribution in [0.1, 0.15) is 83.5 Å². The Morgan fingerprint density at radius 1 is 1.14 bits per heavy atom. The average Bonchev–Trinajstić information content (AvgIpc) is 2.72.